The van der Waals surface area contributed by atoms with Gasteiger partial charge in [-0.2, -0.15) is 0 Å². The van der Waals surface area contributed by atoms with E-state index in [0.717, 1.165) is 6.42 Å². The number of amides is 1. The Morgan fingerprint density at radius 2 is 2.17 bits per heavy atom. The number of benzene rings is 1. The van der Waals surface area contributed by atoms with Crippen molar-refractivity contribution in [2.75, 3.05) is 33.9 Å². The van der Waals surface area contributed by atoms with Gasteiger partial charge in [-0.3, -0.25) is 9.69 Å². The molecular weight excluding hydrogens is 332 g/mol. The average molecular weight is 353 g/mol. The molecule has 2 aromatic rings. The Hall–Kier alpha value is -1.96. The lowest BCUT2D eigenvalue weighted by Crippen LogP contribution is -2.35. The first kappa shape index (κ1) is 18.4. The lowest BCUT2D eigenvalue weighted by Gasteiger charge is -2.13. The molecule has 130 valence electrons. The van der Waals surface area contributed by atoms with Crippen molar-refractivity contribution in [3.8, 4) is 11.5 Å². The van der Waals surface area contributed by atoms with Gasteiger partial charge in [-0.1, -0.05) is 23.7 Å². The molecule has 0 saturated carbocycles. The molecule has 1 N–H and O–H groups in total. The highest BCUT2D eigenvalue weighted by molar-refractivity contribution is 6.33. The third-order valence-electron chi connectivity index (χ3n) is 3.24. The molecule has 0 bridgehead atoms. The predicted molar refractivity (Wildman–Crippen MR) is 90.6 cm³/mol. The van der Waals surface area contributed by atoms with Gasteiger partial charge < -0.3 is 14.5 Å². The van der Waals surface area contributed by atoms with Crippen molar-refractivity contribution in [3.63, 3.8) is 0 Å². The number of aromatic nitrogens is 2. The molecular formula is C16H21ClN4O3. The zero-order valence-corrected chi connectivity index (χ0v) is 14.5. The summed E-state index contributed by atoms with van der Waals surface area (Å²) in [4.78, 5) is 13.6. The second-order valence-electron chi connectivity index (χ2n) is 5.35. The van der Waals surface area contributed by atoms with Crippen LogP contribution >= 0.6 is 11.6 Å². The van der Waals surface area contributed by atoms with Gasteiger partial charge in [0.05, 0.1) is 23.7 Å². The molecule has 0 aliphatic rings. The SMILES string of the molecule is COCCCNC(=O)CN(C)Cc1nnc(-c2ccccc2Cl)o1. The minimum atomic E-state index is -0.0561. The van der Waals surface area contributed by atoms with Crippen molar-refractivity contribution < 1.29 is 13.9 Å². The molecule has 0 aliphatic heterocycles. The van der Waals surface area contributed by atoms with E-state index in [2.05, 4.69) is 15.5 Å². The van der Waals surface area contributed by atoms with E-state index >= 15 is 0 Å². The van der Waals surface area contributed by atoms with E-state index in [1.807, 2.05) is 25.2 Å². The zero-order valence-electron chi connectivity index (χ0n) is 13.8. The van der Waals surface area contributed by atoms with E-state index in [1.165, 1.54) is 0 Å². The molecule has 2 rings (SSSR count). The summed E-state index contributed by atoms with van der Waals surface area (Å²) >= 11 is 6.11. The predicted octanol–water partition coefficient (Wildman–Crippen LogP) is 1.97. The van der Waals surface area contributed by atoms with Crippen LogP contribution in [0.25, 0.3) is 11.5 Å². The average Bonchev–Trinajstić information content (AvgIpc) is 3.00. The molecule has 0 spiro atoms. The first-order valence-corrected chi connectivity index (χ1v) is 7.99. The molecule has 1 aromatic carbocycles. The first-order chi connectivity index (χ1) is 11.6. The van der Waals surface area contributed by atoms with Crippen molar-refractivity contribution in [2.24, 2.45) is 0 Å². The summed E-state index contributed by atoms with van der Waals surface area (Å²) in [6.07, 6.45) is 0.789. The lowest BCUT2D eigenvalue weighted by atomic mass is 10.2. The fraction of sp³-hybridized carbons (Fsp3) is 0.438. The van der Waals surface area contributed by atoms with Crippen LogP contribution in [0.15, 0.2) is 28.7 Å². The fourth-order valence-corrected chi connectivity index (χ4v) is 2.31. The second-order valence-corrected chi connectivity index (χ2v) is 5.76. The Morgan fingerprint density at radius 1 is 1.38 bits per heavy atom. The van der Waals surface area contributed by atoms with Crippen LogP contribution in [0.4, 0.5) is 0 Å². The van der Waals surface area contributed by atoms with Crippen LogP contribution in [-0.2, 0) is 16.1 Å². The molecule has 7 nitrogen and oxygen atoms in total. The summed E-state index contributed by atoms with van der Waals surface area (Å²) in [5.41, 5.74) is 0.691. The number of carbonyl (C=O) groups is 1. The number of halogens is 1. The number of likely N-dealkylation sites (N-methyl/N-ethyl adjacent to an activating group) is 1. The van der Waals surface area contributed by atoms with E-state index in [-0.39, 0.29) is 12.5 Å². The molecule has 0 aliphatic carbocycles. The Balaban J connectivity index is 1.83. The van der Waals surface area contributed by atoms with Crippen LogP contribution in [0.1, 0.15) is 12.3 Å². The van der Waals surface area contributed by atoms with Crippen LogP contribution in [0.5, 0.6) is 0 Å². The van der Waals surface area contributed by atoms with E-state index in [4.69, 9.17) is 20.8 Å². The monoisotopic (exact) mass is 352 g/mol. The van der Waals surface area contributed by atoms with Gasteiger partial charge in [0, 0.05) is 20.3 Å². The molecule has 0 unspecified atom stereocenters. The van der Waals surface area contributed by atoms with E-state index in [0.29, 0.717) is 42.1 Å². The molecule has 24 heavy (non-hydrogen) atoms. The number of rotatable bonds is 9. The van der Waals surface area contributed by atoms with E-state index in [1.54, 1.807) is 18.1 Å². The summed E-state index contributed by atoms with van der Waals surface area (Å²) < 4.78 is 10.6. The molecule has 0 fully saturated rings. The standard InChI is InChI=1S/C16H21ClN4O3/c1-21(10-14(22)18-8-5-9-23-2)11-15-19-20-16(24-15)12-6-3-4-7-13(12)17/h3-4,6-7H,5,8-11H2,1-2H3,(H,18,22). The van der Waals surface area contributed by atoms with Crippen LogP contribution in [0.2, 0.25) is 5.02 Å². The quantitative estimate of drug-likeness (QED) is 0.695. The Kier molecular flexibility index (Phi) is 7.17. The van der Waals surface area contributed by atoms with Crippen LogP contribution < -0.4 is 5.32 Å². The summed E-state index contributed by atoms with van der Waals surface area (Å²) in [5.74, 6) is 0.743. The summed E-state index contributed by atoms with van der Waals surface area (Å²) in [5, 5.41) is 11.4. The van der Waals surface area contributed by atoms with Gasteiger partial charge in [-0.25, -0.2) is 0 Å². The number of nitrogens with one attached hydrogen (secondary N) is 1. The third kappa shape index (κ3) is 5.59. The highest BCUT2D eigenvalue weighted by Gasteiger charge is 2.14. The van der Waals surface area contributed by atoms with Crippen molar-refractivity contribution >= 4 is 17.5 Å². The maximum atomic E-state index is 11.8. The smallest absolute Gasteiger partial charge is 0.249 e. The van der Waals surface area contributed by atoms with Crippen LogP contribution in [-0.4, -0.2) is 54.9 Å². The Labute approximate surface area is 145 Å². The van der Waals surface area contributed by atoms with Gasteiger partial charge in [0.25, 0.3) is 0 Å². The van der Waals surface area contributed by atoms with Crippen molar-refractivity contribution in [3.05, 3.63) is 35.2 Å². The second kappa shape index (κ2) is 9.36. The molecule has 0 saturated heterocycles. The van der Waals surface area contributed by atoms with Crippen molar-refractivity contribution in [1.29, 1.82) is 0 Å². The summed E-state index contributed by atoms with van der Waals surface area (Å²) in [7, 11) is 3.45. The van der Waals surface area contributed by atoms with Gasteiger partial charge in [-0.15, -0.1) is 10.2 Å². The van der Waals surface area contributed by atoms with E-state index < -0.39 is 0 Å². The maximum Gasteiger partial charge on any atom is 0.249 e. The third-order valence-corrected chi connectivity index (χ3v) is 3.57. The number of methoxy groups -OCH3 is 1. The van der Waals surface area contributed by atoms with Crippen LogP contribution in [0, 0.1) is 0 Å². The highest BCUT2D eigenvalue weighted by Crippen LogP contribution is 2.26. The Morgan fingerprint density at radius 3 is 2.92 bits per heavy atom. The maximum absolute atomic E-state index is 11.8. The van der Waals surface area contributed by atoms with Gasteiger partial charge in [0.1, 0.15) is 0 Å². The number of hydrogen-bond donors (Lipinski definition) is 1. The minimum Gasteiger partial charge on any atom is -0.419 e. The molecule has 8 heteroatoms. The fourth-order valence-electron chi connectivity index (χ4n) is 2.09. The topological polar surface area (TPSA) is 80.5 Å². The van der Waals surface area contributed by atoms with Gasteiger partial charge in [0.15, 0.2) is 0 Å². The molecule has 1 amide bonds. The van der Waals surface area contributed by atoms with Crippen molar-refractivity contribution in [2.45, 2.75) is 13.0 Å². The number of nitrogens with zero attached hydrogens (tertiary/aromatic N) is 3. The highest BCUT2D eigenvalue weighted by atomic mass is 35.5. The molecule has 1 heterocycles. The van der Waals surface area contributed by atoms with E-state index in [9.17, 15) is 4.79 Å². The zero-order chi connectivity index (χ0) is 17.4. The van der Waals surface area contributed by atoms with Crippen LogP contribution in [0.3, 0.4) is 0 Å². The normalized spacial score (nSPS) is 11.0. The van der Waals surface area contributed by atoms with Gasteiger partial charge in [-0.05, 0) is 25.6 Å². The summed E-state index contributed by atoms with van der Waals surface area (Å²) in [6, 6.07) is 7.27. The van der Waals surface area contributed by atoms with Crippen molar-refractivity contribution in [1.82, 2.24) is 20.4 Å². The van der Waals surface area contributed by atoms with Gasteiger partial charge >= 0.3 is 0 Å². The largest absolute Gasteiger partial charge is 0.419 e. The number of carbonyl (C=O) groups excluding carboxylic acids is 1. The molecule has 0 radical (unpaired) electrons. The minimum absolute atomic E-state index is 0.0561. The lowest BCUT2D eigenvalue weighted by molar-refractivity contribution is -0.122. The number of ether oxygens (including phenoxy) is 1. The van der Waals surface area contributed by atoms with Gasteiger partial charge in [0.2, 0.25) is 17.7 Å². The molecule has 0 atom stereocenters. The summed E-state index contributed by atoms with van der Waals surface area (Å²) in [6.45, 7) is 1.85. The number of hydrogen-bond acceptors (Lipinski definition) is 6. The Bertz CT molecular complexity index is 662. The molecule has 1 aromatic heterocycles. The first-order valence-electron chi connectivity index (χ1n) is 7.61.